The van der Waals surface area contributed by atoms with Gasteiger partial charge in [-0.3, -0.25) is 18.9 Å². The van der Waals surface area contributed by atoms with E-state index in [1.807, 2.05) is 17.7 Å². The molecule has 7 nitrogen and oxygen atoms in total. The van der Waals surface area contributed by atoms with E-state index in [1.165, 1.54) is 10.9 Å². The third kappa shape index (κ3) is 3.91. The molecule has 0 spiro atoms. The van der Waals surface area contributed by atoms with E-state index >= 15 is 0 Å². The van der Waals surface area contributed by atoms with Crippen molar-refractivity contribution in [2.45, 2.75) is 26.3 Å². The van der Waals surface area contributed by atoms with E-state index in [4.69, 9.17) is 0 Å². The fourth-order valence-electron chi connectivity index (χ4n) is 2.16. The molecule has 22 heavy (non-hydrogen) atoms. The Kier molecular flexibility index (Phi) is 4.60. The van der Waals surface area contributed by atoms with Gasteiger partial charge in [-0.15, -0.1) is 0 Å². The minimum absolute atomic E-state index is 0.0192. The molecule has 1 aromatic carbocycles. The van der Waals surface area contributed by atoms with Crippen molar-refractivity contribution in [3.63, 3.8) is 0 Å². The molecule has 2 aromatic rings. The Morgan fingerprint density at radius 1 is 1.36 bits per heavy atom. The molecule has 0 fully saturated rings. The van der Waals surface area contributed by atoms with E-state index in [2.05, 4.69) is 4.98 Å². The van der Waals surface area contributed by atoms with Gasteiger partial charge < -0.3 is 0 Å². The Morgan fingerprint density at radius 2 is 2.09 bits per heavy atom. The number of para-hydroxylation sites is 1. The SMILES string of the molecule is Cc1cccc2c(=O)n(CCCC(=O)NS(C)(=O)=O)cnc12. The lowest BCUT2D eigenvalue weighted by Gasteiger charge is -2.07. The van der Waals surface area contributed by atoms with Gasteiger partial charge in [0.1, 0.15) is 0 Å². The van der Waals surface area contributed by atoms with E-state index in [9.17, 15) is 18.0 Å². The third-order valence-electron chi connectivity index (χ3n) is 3.16. The van der Waals surface area contributed by atoms with Gasteiger partial charge in [-0.2, -0.15) is 0 Å². The van der Waals surface area contributed by atoms with Gasteiger partial charge in [-0.25, -0.2) is 13.4 Å². The van der Waals surface area contributed by atoms with Gasteiger partial charge in [0.25, 0.3) is 5.56 Å². The molecule has 1 amide bonds. The molecule has 1 heterocycles. The number of rotatable bonds is 5. The third-order valence-corrected chi connectivity index (χ3v) is 3.76. The first-order valence-corrected chi connectivity index (χ1v) is 8.62. The van der Waals surface area contributed by atoms with Crippen molar-refractivity contribution in [3.8, 4) is 0 Å². The molecule has 8 heteroatoms. The first kappa shape index (κ1) is 16.2. The molecular weight excluding hydrogens is 306 g/mol. The number of carbonyl (C=O) groups excluding carboxylic acids is 1. The van der Waals surface area contributed by atoms with Crippen LogP contribution in [0.15, 0.2) is 29.3 Å². The van der Waals surface area contributed by atoms with Crippen LogP contribution < -0.4 is 10.3 Å². The van der Waals surface area contributed by atoms with Crippen LogP contribution in [0.25, 0.3) is 10.9 Å². The normalized spacial score (nSPS) is 11.5. The Balaban J connectivity index is 2.09. The molecule has 1 aromatic heterocycles. The average molecular weight is 323 g/mol. The fraction of sp³-hybridized carbons (Fsp3) is 0.357. The van der Waals surface area contributed by atoms with E-state index in [0.717, 1.165) is 11.8 Å². The Labute approximate surface area is 128 Å². The van der Waals surface area contributed by atoms with Crippen LogP contribution in [-0.4, -0.2) is 30.1 Å². The van der Waals surface area contributed by atoms with Crippen molar-refractivity contribution in [1.29, 1.82) is 0 Å². The van der Waals surface area contributed by atoms with Crippen LogP contribution in [0.4, 0.5) is 0 Å². The predicted octanol–water partition coefficient (Wildman–Crippen LogP) is 0.561. The molecule has 0 saturated heterocycles. The number of amides is 1. The number of hydrogen-bond donors (Lipinski definition) is 1. The highest BCUT2D eigenvalue weighted by Gasteiger charge is 2.09. The lowest BCUT2D eigenvalue weighted by molar-refractivity contribution is -0.119. The summed E-state index contributed by atoms with van der Waals surface area (Å²) in [6.07, 6.45) is 2.74. The van der Waals surface area contributed by atoms with Gasteiger partial charge in [0.2, 0.25) is 15.9 Å². The van der Waals surface area contributed by atoms with Gasteiger partial charge in [0.05, 0.1) is 23.5 Å². The second-order valence-electron chi connectivity index (χ2n) is 5.12. The van der Waals surface area contributed by atoms with Crippen molar-refractivity contribution in [3.05, 3.63) is 40.4 Å². The molecule has 0 radical (unpaired) electrons. The van der Waals surface area contributed by atoms with Gasteiger partial charge in [-0.05, 0) is 25.0 Å². The summed E-state index contributed by atoms with van der Waals surface area (Å²) in [7, 11) is -3.54. The first-order valence-electron chi connectivity index (χ1n) is 6.73. The van der Waals surface area contributed by atoms with Gasteiger partial charge >= 0.3 is 0 Å². The summed E-state index contributed by atoms with van der Waals surface area (Å²) >= 11 is 0. The van der Waals surface area contributed by atoms with E-state index < -0.39 is 15.9 Å². The standard InChI is InChI=1S/C14H17N3O4S/c1-10-5-3-6-11-13(10)15-9-17(14(11)19)8-4-7-12(18)16-22(2,20)21/h3,5-6,9H,4,7-8H2,1-2H3,(H,16,18). The Bertz CT molecular complexity index is 871. The number of fused-ring (bicyclic) bond motifs is 1. The minimum Gasteiger partial charge on any atom is -0.299 e. The molecular formula is C14H17N3O4S. The second-order valence-corrected chi connectivity index (χ2v) is 6.86. The summed E-state index contributed by atoms with van der Waals surface area (Å²) in [4.78, 5) is 28.0. The number of nitrogens with zero attached hydrogens (tertiary/aromatic N) is 2. The number of benzene rings is 1. The zero-order valence-electron chi connectivity index (χ0n) is 12.4. The monoisotopic (exact) mass is 323 g/mol. The fourth-order valence-corrected chi connectivity index (χ4v) is 2.68. The highest BCUT2D eigenvalue weighted by atomic mass is 32.2. The molecule has 0 saturated carbocycles. The lowest BCUT2D eigenvalue weighted by Crippen LogP contribution is -2.29. The Morgan fingerprint density at radius 3 is 2.77 bits per heavy atom. The number of aromatic nitrogens is 2. The Hall–Kier alpha value is -2.22. The zero-order valence-corrected chi connectivity index (χ0v) is 13.2. The maximum absolute atomic E-state index is 12.3. The molecule has 2 rings (SSSR count). The number of sulfonamides is 1. The van der Waals surface area contributed by atoms with Crippen molar-refractivity contribution in [2.75, 3.05) is 6.26 Å². The van der Waals surface area contributed by atoms with Crippen LogP contribution >= 0.6 is 0 Å². The van der Waals surface area contributed by atoms with Crippen LogP contribution in [0.2, 0.25) is 0 Å². The van der Waals surface area contributed by atoms with Crippen LogP contribution in [0.3, 0.4) is 0 Å². The van der Waals surface area contributed by atoms with Crippen LogP contribution in [0.1, 0.15) is 18.4 Å². The summed E-state index contributed by atoms with van der Waals surface area (Å²) in [6, 6.07) is 5.39. The summed E-state index contributed by atoms with van der Waals surface area (Å²) in [5, 5.41) is 0.531. The predicted molar refractivity (Wildman–Crippen MR) is 83.0 cm³/mol. The van der Waals surface area contributed by atoms with Crippen LogP contribution in [0.5, 0.6) is 0 Å². The van der Waals surface area contributed by atoms with Crippen molar-refractivity contribution < 1.29 is 13.2 Å². The molecule has 0 atom stereocenters. The molecule has 0 unspecified atom stereocenters. The topological polar surface area (TPSA) is 98.1 Å². The largest absolute Gasteiger partial charge is 0.299 e. The average Bonchev–Trinajstić information content (AvgIpc) is 2.40. The number of aryl methyl sites for hydroxylation is 2. The van der Waals surface area contributed by atoms with E-state index in [-0.39, 0.29) is 12.0 Å². The second kappa shape index (κ2) is 6.27. The van der Waals surface area contributed by atoms with Crippen LogP contribution in [-0.2, 0) is 21.4 Å². The molecule has 0 bridgehead atoms. The number of hydrogen-bond acceptors (Lipinski definition) is 5. The number of nitrogens with one attached hydrogen (secondary N) is 1. The first-order chi connectivity index (χ1) is 10.3. The maximum Gasteiger partial charge on any atom is 0.261 e. The van der Waals surface area contributed by atoms with Crippen molar-refractivity contribution in [2.24, 2.45) is 0 Å². The molecule has 0 aliphatic rings. The summed E-state index contributed by atoms with van der Waals surface area (Å²) in [6.45, 7) is 2.18. The smallest absolute Gasteiger partial charge is 0.261 e. The van der Waals surface area contributed by atoms with Gasteiger partial charge in [0.15, 0.2) is 0 Å². The maximum atomic E-state index is 12.3. The van der Waals surface area contributed by atoms with E-state index in [0.29, 0.717) is 23.9 Å². The summed E-state index contributed by atoms with van der Waals surface area (Å²) in [5.74, 6) is -0.583. The molecule has 1 N–H and O–H groups in total. The van der Waals surface area contributed by atoms with Crippen molar-refractivity contribution in [1.82, 2.24) is 14.3 Å². The molecule has 0 aliphatic heterocycles. The van der Waals surface area contributed by atoms with Gasteiger partial charge in [0, 0.05) is 13.0 Å². The highest BCUT2D eigenvalue weighted by Crippen LogP contribution is 2.11. The van der Waals surface area contributed by atoms with E-state index in [1.54, 1.807) is 12.1 Å². The quantitative estimate of drug-likeness (QED) is 0.867. The summed E-state index contributed by atoms with van der Waals surface area (Å²) < 4.78 is 25.1. The zero-order chi connectivity index (χ0) is 16.3. The van der Waals surface area contributed by atoms with Crippen molar-refractivity contribution >= 4 is 26.8 Å². The summed E-state index contributed by atoms with van der Waals surface area (Å²) in [5.41, 5.74) is 1.42. The number of carbonyl (C=O) groups is 1. The van der Waals surface area contributed by atoms with Gasteiger partial charge in [-0.1, -0.05) is 12.1 Å². The molecule has 118 valence electrons. The molecule has 0 aliphatic carbocycles. The highest BCUT2D eigenvalue weighted by molar-refractivity contribution is 7.89. The lowest BCUT2D eigenvalue weighted by atomic mass is 10.1. The van der Waals surface area contributed by atoms with Crippen LogP contribution in [0, 0.1) is 6.92 Å². The minimum atomic E-state index is -3.54.